The zero-order valence-electron chi connectivity index (χ0n) is 32.7. The third-order valence-corrected chi connectivity index (χ3v) is 10.7. The average molecular weight is 755 g/mol. The maximum absolute atomic E-state index is 13.6. The Morgan fingerprint density at radius 1 is 0.891 bits per heavy atom. The molecule has 4 atom stereocenters. The molecule has 0 unspecified atom stereocenters. The number of amides is 3. The second-order valence-electron chi connectivity index (χ2n) is 15.1. The van der Waals surface area contributed by atoms with Crippen LogP contribution in [0.3, 0.4) is 0 Å². The zero-order valence-corrected chi connectivity index (χ0v) is 32.7. The van der Waals surface area contributed by atoms with Crippen LogP contribution >= 0.6 is 0 Å². The summed E-state index contributed by atoms with van der Waals surface area (Å²) < 4.78 is 4.76. The highest BCUT2D eigenvalue weighted by Gasteiger charge is 2.38. The Labute approximate surface area is 322 Å². The van der Waals surface area contributed by atoms with Crippen molar-refractivity contribution in [2.45, 2.75) is 96.8 Å². The maximum Gasteiger partial charge on any atom is 0.407 e. The lowest BCUT2D eigenvalue weighted by molar-refractivity contribution is -0.188. The SMILES string of the molecule is COO/C=N/[C@H](C(=O)N1CCC[C@H]1c1ncc(-c2ccc(CCCc3ccc4[nH]c([C@@H]5CCCN5C(=O)[C@@H](NC(=O)OC)C(C)C)nc4c3)cc2)[nH]1)C(C)C. The van der Waals surface area contributed by atoms with Crippen LogP contribution in [0.25, 0.3) is 22.3 Å². The molecule has 2 aromatic carbocycles. The van der Waals surface area contributed by atoms with Gasteiger partial charge in [0, 0.05) is 13.1 Å². The Balaban J connectivity index is 1.04. The number of hydrogen-bond donors (Lipinski definition) is 3. The lowest BCUT2D eigenvalue weighted by Crippen LogP contribution is -2.51. The summed E-state index contributed by atoms with van der Waals surface area (Å²) in [7, 11) is 2.70. The fraction of sp³-hybridized carbons (Fsp3) is 0.512. The predicted octanol–water partition coefficient (Wildman–Crippen LogP) is 6.47. The summed E-state index contributed by atoms with van der Waals surface area (Å²) in [6.07, 6.45) is 8.67. The fourth-order valence-electron chi connectivity index (χ4n) is 7.72. The standard InChI is InChI=1S/C41H54N8O6/c1-25(2)35(43-24-55-54-6)39(50)48-20-8-12-33(48)37-42-23-32(46-37)29-17-14-27(15-18-29)10-7-11-28-16-19-30-31(22-28)45-38(44-30)34-13-9-21-49(34)40(51)36(26(3)4)47-41(52)53-5/h14-19,22-26,33-36H,7-13,20-21H2,1-6H3,(H,42,46)(H,44,45)(H,47,52)/b43-24+/t33-,34-,35-,36-/m0/s1. The highest BCUT2D eigenvalue weighted by Crippen LogP contribution is 2.34. The predicted molar refractivity (Wildman–Crippen MR) is 209 cm³/mol. The van der Waals surface area contributed by atoms with Crippen molar-refractivity contribution in [2.75, 3.05) is 27.3 Å². The van der Waals surface area contributed by atoms with Crippen molar-refractivity contribution in [3.63, 3.8) is 0 Å². The molecule has 4 aromatic rings. The Hall–Kier alpha value is -5.24. The van der Waals surface area contributed by atoms with E-state index < -0.39 is 18.2 Å². The molecule has 55 heavy (non-hydrogen) atoms. The number of alkyl carbamates (subject to hydrolysis) is 1. The number of benzene rings is 2. The molecule has 14 heteroatoms. The summed E-state index contributed by atoms with van der Waals surface area (Å²) in [6, 6.07) is 13.4. The van der Waals surface area contributed by atoms with Gasteiger partial charge in [-0.3, -0.25) is 9.59 Å². The summed E-state index contributed by atoms with van der Waals surface area (Å²) in [6.45, 7) is 9.04. The third kappa shape index (κ3) is 9.18. The number of methoxy groups -OCH3 is 1. The molecule has 3 N–H and O–H groups in total. The normalized spacial score (nSPS) is 18.5. The highest BCUT2D eigenvalue weighted by molar-refractivity contribution is 5.87. The number of H-pyrrole nitrogens is 2. The lowest BCUT2D eigenvalue weighted by atomic mass is 10.0. The molecule has 2 aromatic heterocycles. The first-order valence-electron chi connectivity index (χ1n) is 19.4. The summed E-state index contributed by atoms with van der Waals surface area (Å²) in [4.78, 5) is 73.0. The second kappa shape index (κ2) is 17.9. The number of carbonyl (C=O) groups is 3. The number of aromatic nitrogens is 4. The van der Waals surface area contributed by atoms with Crippen LogP contribution in [-0.2, 0) is 36.9 Å². The van der Waals surface area contributed by atoms with Gasteiger partial charge in [0.05, 0.1) is 49.2 Å². The molecule has 0 radical (unpaired) electrons. The number of hydrogen-bond acceptors (Lipinski definition) is 9. The number of likely N-dealkylation sites (tertiary alicyclic amines) is 2. The van der Waals surface area contributed by atoms with Gasteiger partial charge in [-0.25, -0.2) is 19.8 Å². The molecule has 3 amide bonds. The van der Waals surface area contributed by atoms with Gasteiger partial charge < -0.3 is 34.7 Å². The van der Waals surface area contributed by atoms with Crippen LogP contribution in [0.5, 0.6) is 0 Å². The van der Waals surface area contributed by atoms with E-state index in [1.54, 1.807) is 0 Å². The minimum Gasteiger partial charge on any atom is -0.453 e. The molecule has 294 valence electrons. The fourth-order valence-corrected chi connectivity index (χ4v) is 7.72. The molecule has 0 bridgehead atoms. The van der Waals surface area contributed by atoms with Crippen LogP contribution in [0.1, 0.15) is 94.7 Å². The molecule has 14 nitrogen and oxygen atoms in total. The van der Waals surface area contributed by atoms with E-state index in [0.29, 0.717) is 13.1 Å². The quantitative estimate of drug-likeness (QED) is 0.0538. The first kappa shape index (κ1) is 39.5. The Morgan fingerprint density at radius 2 is 1.56 bits per heavy atom. The summed E-state index contributed by atoms with van der Waals surface area (Å²) >= 11 is 0. The average Bonchev–Trinajstić information content (AvgIpc) is 4.01. The molecule has 0 aliphatic carbocycles. The van der Waals surface area contributed by atoms with Gasteiger partial charge in [0.15, 0.2) is 0 Å². The molecule has 2 aliphatic heterocycles. The molecule has 0 spiro atoms. The Kier molecular flexibility index (Phi) is 12.9. The van der Waals surface area contributed by atoms with Crippen LogP contribution in [0.2, 0.25) is 0 Å². The van der Waals surface area contributed by atoms with Gasteiger partial charge in [0.1, 0.15) is 23.7 Å². The molecule has 6 rings (SSSR count). The topological polar surface area (TPSA) is 167 Å². The van der Waals surface area contributed by atoms with Crippen molar-refractivity contribution in [2.24, 2.45) is 16.8 Å². The second-order valence-corrected chi connectivity index (χ2v) is 15.1. The van der Waals surface area contributed by atoms with Gasteiger partial charge >= 0.3 is 6.09 Å². The minimum absolute atomic E-state index is 0.000787. The van der Waals surface area contributed by atoms with Crippen molar-refractivity contribution in [3.05, 3.63) is 71.4 Å². The van der Waals surface area contributed by atoms with E-state index in [9.17, 15) is 14.4 Å². The first-order valence-corrected chi connectivity index (χ1v) is 19.4. The lowest BCUT2D eigenvalue weighted by Gasteiger charge is -2.29. The molecule has 0 saturated carbocycles. The van der Waals surface area contributed by atoms with Crippen molar-refractivity contribution in [3.8, 4) is 11.3 Å². The summed E-state index contributed by atoms with van der Waals surface area (Å²) in [5.41, 5.74) is 6.26. The number of rotatable bonds is 15. The first-order chi connectivity index (χ1) is 26.6. The van der Waals surface area contributed by atoms with E-state index in [1.165, 1.54) is 31.7 Å². The van der Waals surface area contributed by atoms with Crippen LogP contribution in [0.4, 0.5) is 4.79 Å². The van der Waals surface area contributed by atoms with Crippen molar-refractivity contribution < 1.29 is 28.9 Å². The molecule has 2 fully saturated rings. The zero-order chi connectivity index (χ0) is 39.1. The van der Waals surface area contributed by atoms with Crippen LogP contribution in [0, 0.1) is 11.8 Å². The number of carbonyl (C=O) groups excluding carboxylic acids is 3. The summed E-state index contributed by atoms with van der Waals surface area (Å²) in [5.74, 6) is 1.31. The van der Waals surface area contributed by atoms with Crippen molar-refractivity contribution >= 4 is 35.3 Å². The monoisotopic (exact) mass is 754 g/mol. The van der Waals surface area contributed by atoms with Crippen molar-refractivity contribution in [1.29, 1.82) is 0 Å². The number of aryl methyl sites for hydroxylation is 2. The number of nitrogens with zero attached hydrogens (tertiary/aromatic N) is 5. The van der Waals surface area contributed by atoms with E-state index in [1.807, 2.05) is 43.7 Å². The highest BCUT2D eigenvalue weighted by atomic mass is 17.2. The van der Waals surface area contributed by atoms with E-state index in [2.05, 4.69) is 67.6 Å². The van der Waals surface area contributed by atoms with Gasteiger partial charge in [-0.2, -0.15) is 4.89 Å². The molecular weight excluding hydrogens is 701 g/mol. The van der Waals surface area contributed by atoms with E-state index in [0.717, 1.165) is 78.9 Å². The van der Waals surface area contributed by atoms with E-state index >= 15 is 0 Å². The van der Waals surface area contributed by atoms with Gasteiger partial charge in [-0.15, -0.1) is 0 Å². The molecule has 2 aliphatic rings. The Morgan fingerprint density at radius 3 is 2.24 bits per heavy atom. The largest absolute Gasteiger partial charge is 0.453 e. The number of aromatic amines is 2. The van der Waals surface area contributed by atoms with Crippen LogP contribution in [-0.4, -0.2) is 93.4 Å². The Bertz CT molecular complexity index is 1950. The van der Waals surface area contributed by atoms with E-state index in [4.69, 9.17) is 19.6 Å². The van der Waals surface area contributed by atoms with Gasteiger partial charge in [-0.05, 0) is 85.6 Å². The number of nitrogens with one attached hydrogen (secondary N) is 3. The van der Waals surface area contributed by atoms with Gasteiger partial charge in [0.2, 0.25) is 18.2 Å². The smallest absolute Gasteiger partial charge is 0.407 e. The number of ether oxygens (including phenoxy) is 1. The van der Waals surface area contributed by atoms with Crippen LogP contribution in [0.15, 0.2) is 53.7 Å². The van der Waals surface area contributed by atoms with Crippen LogP contribution < -0.4 is 5.32 Å². The molecule has 2 saturated heterocycles. The number of imidazole rings is 2. The third-order valence-electron chi connectivity index (χ3n) is 10.7. The number of aliphatic imine (C=N–C) groups is 1. The summed E-state index contributed by atoms with van der Waals surface area (Å²) in [5, 5.41) is 2.71. The molecule has 4 heterocycles. The van der Waals surface area contributed by atoms with Crippen molar-refractivity contribution in [1.82, 2.24) is 35.1 Å². The van der Waals surface area contributed by atoms with Gasteiger partial charge in [0.25, 0.3) is 0 Å². The van der Waals surface area contributed by atoms with Gasteiger partial charge in [-0.1, -0.05) is 58.0 Å². The number of fused-ring (bicyclic) bond motifs is 1. The molecular formula is C41H54N8O6. The van der Waals surface area contributed by atoms with E-state index in [-0.39, 0.29) is 35.7 Å². The maximum atomic E-state index is 13.6. The minimum atomic E-state index is -0.669.